The van der Waals surface area contributed by atoms with Gasteiger partial charge in [-0.15, -0.1) is 0 Å². The van der Waals surface area contributed by atoms with Gasteiger partial charge in [-0.1, -0.05) is 59.0 Å². The molecule has 0 fully saturated rings. The van der Waals surface area contributed by atoms with Gasteiger partial charge in [0.05, 0.1) is 26.4 Å². The number of aliphatic carboxylic acids is 1. The Hall–Kier alpha value is -2.96. The monoisotopic (exact) mass is 490 g/mol. The number of hydrogen-bond donors (Lipinski definition) is 1. The van der Waals surface area contributed by atoms with Crippen LogP contribution in [0.15, 0.2) is 30.9 Å². The summed E-state index contributed by atoms with van der Waals surface area (Å²) in [5, 5.41) is 9.10. The number of unbranched alkanes of at least 4 members (excludes halogenated alkanes) is 7. The molecule has 1 aromatic carbocycles. The number of carbonyl (C=O) groups is 2. The summed E-state index contributed by atoms with van der Waals surface area (Å²) < 4.78 is 23.3. The third-order valence-electron chi connectivity index (χ3n) is 5.21. The lowest BCUT2D eigenvalue weighted by atomic mass is 10.1. The van der Waals surface area contributed by atoms with Crippen LogP contribution in [0.25, 0.3) is 6.08 Å². The van der Waals surface area contributed by atoms with Gasteiger partial charge in [0.15, 0.2) is 11.5 Å². The number of esters is 1. The van der Waals surface area contributed by atoms with E-state index in [1.165, 1.54) is 6.08 Å². The predicted molar refractivity (Wildman–Crippen MR) is 138 cm³/mol. The molecule has 7 nitrogen and oxygen atoms in total. The lowest BCUT2D eigenvalue weighted by Crippen LogP contribution is -2.08. The number of carbonyl (C=O) groups excluding carboxylic acids is 1. The van der Waals surface area contributed by atoms with Crippen molar-refractivity contribution >= 4 is 18.0 Å². The van der Waals surface area contributed by atoms with Crippen molar-refractivity contribution < 1.29 is 33.6 Å². The number of ether oxygens (including phenoxy) is 4. The van der Waals surface area contributed by atoms with Crippen LogP contribution >= 0.6 is 0 Å². The standard InChI is InChI=1S/C28H42O7/c1-4-7-9-11-21-34-27-23(16-18-25(29)30)15-17-24(28(27)35-22-12-10-8-5-2)32-19-13-14-20-33-26(31)6-3/h6,15-18H,3-5,7-14,19-22H2,1-2H3,(H,29,30). The summed E-state index contributed by atoms with van der Waals surface area (Å²) in [6, 6.07) is 3.57. The van der Waals surface area contributed by atoms with Crippen LogP contribution in [0.2, 0.25) is 0 Å². The van der Waals surface area contributed by atoms with Gasteiger partial charge in [-0.2, -0.15) is 0 Å². The van der Waals surface area contributed by atoms with Gasteiger partial charge >= 0.3 is 11.9 Å². The Labute approximate surface area is 210 Å². The molecule has 0 aliphatic carbocycles. The smallest absolute Gasteiger partial charge is 0.330 e. The summed E-state index contributed by atoms with van der Waals surface area (Å²) in [4.78, 5) is 22.3. The maximum atomic E-state index is 11.1. The molecule has 35 heavy (non-hydrogen) atoms. The van der Waals surface area contributed by atoms with Crippen LogP contribution in [0.3, 0.4) is 0 Å². The van der Waals surface area contributed by atoms with Gasteiger partial charge in [0, 0.05) is 17.7 Å². The largest absolute Gasteiger partial charge is 0.490 e. The van der Waals surface area contributed by atoms with E-state index in [4.69, 9.17) is 24.1 Å². The second-order valence-corrected chi connectivity index (χ2v) is 8.23. The summed E-state index contributed by atoms with van der Waals surface area (Å²) in [6.07, 6.45) is 13.6. The topological polar surface area (TPSA) is 91.3 Å². The SMILES string of the molecule is C=CC(=O)OCCCCOc1ccc(C=CC(=O)O)c(OCCCCCC)c1OCCCCCC. The van der Waals surface area contributed by atoms with E-state index in [0.29, 0.717) is 62.1 Å². The molecule has 0 radical (unpaired) electrons. The maximum absolute atomic E-state index is 11.1. The molecular formula is C28H42O7. The molecular weight excluding hydrogens is 448 g/mol. The molecule has 0 unspecified atom stereocenters. The molecule has 0 spiro atoms. The quantitative estimate of drug-likeness (QED) is 0.118. The van der Waals surface area contributed by atoms with Gasteiger partial charge in [0.25, 0.3) is 0 Å². The van der Waals surface area contributed by atoms with Gasteiger partial charge in [0.1, 0.15) is 0 Å². The molecule has 7 heteroatoms. The van der Waals surface area contributed by atoms with Crippen molar-refractivity contribution in [1.82, 2.24) is 0 Å². The first-order chi connectivity index (χ1) is 17.0. The van der Waals surface area contributed by atoms with E-state index in [9.17, 15) is 9.59 Å². The van der Waals surface area contributed by atoms with Crippen LogP contribution in [-0.4, -0.2) is 43.5 Å². The summed E-state index contributed by atoms with van der Waals surface area (Å²) in [5.41, 5.74) is 0.634. The van der Waals surface area contributed by atoms with E-state index >= 15 is 0 Å². The number of carboxylic acids is 1. The molecule has 0 atom stereocenters. The van der Waals surface area contributed by atoms with E-state index < -0.39 is 11.9 Å². The molecule has 0 aromatic heterocycles. The highest BCUT2D eigenvalue weighted by atomic mass is 16.5. The number of hydrogen-bond acceptors (Lipinski definition) is 6. The summed E-state index contributed by atoms with van der Waals surface area (Å²) in [7, 11) is 0. The van der Waals surface area contributed by atoms with E-state index in [1.807, 2.05) is 0 Å². The van der Waals surface area contributed by atoms with Crippen molar-refractivity contribution in [3.63, 3.8) is 0 Å². The minimum absolute atomic E-state index is 0.306. The van der Waals surface area contributed by atoms with Gasteiger partial charge < -0.3 is 24.1 Å². The minimum atomic E-state index is -1.03. The highest BCUT2D eigenvalue weighted by Gasteiger charge is 2.17. The Morgan fingerprint density at radius 2 is 1.37 bits per heavy atom. The van der Waals surface area contributed by atoms with Gasteiger partial charge in [-0.3, -0.25) is 0 Å². The zero-order valence-electron chi connectivity index (χ0n) is 21.4. The Morgan fingerprint density at radius 3 is 1.97 bits per heavy atom. The molecule has 0 saturated carbocycles. The summed E-state index contributed by atoms with van der Waals surface area (Å²) in [6.45, 7) is 9.45. The molecule has 1 rings (SSSR count). The maximum Gasteiger partial charge on any atom is 0.330 e. The first kappa shape index (κ1) is 30.1. The molecule has 0 amide bonds. The second-order valence-electron chi connectivity index (χ2n) is 8.23. The Balaban J connectivity index is 2.98. The highest BCUT2D eigenvalue weighted by Crippen LogP contribution is 2.41. The van der Waals surface area contributed by atoms with Crippen molar-refractivity contribution in [3.8, 4) is 17.2 Å². The molecule has 0 aliphatic rings. The molecule has 0 bridgehead atoms. The third kappa shape index (κ3) is 13.5. The molecule has 0 saturated heterocycles. The molecule has 0 aliphatic heterocycles. The zero-order valence-corrected chi connectivity index (χ0v) is 21.4. The second kappa shape index (κ2) is 19.4. The average Bonchev–Trinajstić information content (AvgIpc) is 2.85. The van der Waals surface area contributed by atoms with E-state index in [-0.39, 0.29) is 0 Å². The van der Waals surface area contributed by atoms with Crippen LogP contribution in [0, 0.1) is 0 Å². The summed E-state index contributed by atoms with van der Waals surface area (Å²) in [5.74, 6) is 0.1000. The van der Waals surface area contributed by atoms with E-state index in [0.717, 1.165) is 63.5 Å². The van der Waals surface area contributed by atoms with Crippen molar-refractivity contribution in [2.24, 2.45) is 0 Å². The number of rotatable bonds is 21. The van der Waals surface area contributed by atoms with Crippen LogP contribution in [-0.2, 0) is 14.3 Å². The Kier molecular flexibility index (Phi) is 16.6. The Bertz CT molecular complexity index is 786. The molecule has 0 heterocycles. The summed E-state index contributed by atoms with van der Waals surface area (Å²) >= 11 is 0. The van der Waals surface area contributed by atoms with Gasteiger partial charge in [0.2, 0.25) is 5.75 Å². The van der Waals surface area contributed by atoms with Crippen LogP contribution in [0.4, 0.5) is 0 Å². The average molecular weight is 491 g/mol. The first-order valence-electron chi connectivity index (χ1n) is 12.8. The fraction of sp³-hybridized carbons (Fsp3) is 0.571. The minimum Gasteiger partial charge on any atom is -0.490 e. The number of benzene rings is 1. The van der Waals surface area contributed by atoms with Crippen LogP contribution < -0.4 is 14.2 Å². The lowest BCUT2D eigenvalue weighted by Gasteiger charge is -2.19. The highest BCUT2D eigenvalue weighted by molar-refractivity contribution is 5.86. The third-order valence-corrected chi connectivity index (χ3v) is 5.21. The van der Waals surface area contributed by atoms with Crippen LogP contribution in [0.5, 0.6) is 17.2 Å². The van der Waals surface area contributed by atoms with E-state index in [1.54, 1.807) is 12.1 Å². The molecule has 1 N–H and O–H groups in total. The zero-order chi connectivity index (χ0) is 25.7. The predicted octanol–water partition coefficient (Wildman–Crippen LogP) is 6.59. The lowest BCUT2D eigenvalue weighted by molar-refractivity contribution is -0.138. The van der Waals surface area contributed by atoms with Gasteiger partial charge in [-0.05, 0) is 43.9 Å². The Morgan fingerprint density at radius 1 is 0.800 bits per heavy atom. The van der Waals surface area contributed by atoms with Crippen molar-refractivity contribution in [3.05, 3.63) is 36.4 Å². The normalized spacial score (nSPS) is 10.8. The number of carboxylic acid groups (broad SMARTS) is 1. The molecule has 1 aromatic rings. The van der Waals surface area contributed by atoms with Crippen LogP contribution in [0.1, 0.15) is 83.6 Å². The van der Waals surface area contributed by atoms with Gasteiger partial charge in [-0.25, -0.2) is 9.59 Å². The van der Waals surface area contributed by atoms with Crippen molar-refractivity contribution in [2.45, 2.75) is 78.1 Å². The first-order valence-corrected chi connectivity index (χ1v) is 12.8. The van der Waals surface area contributed by atoms with Crippen molar-refractivity contribution in [1.29, 1.82) is 0 Å². The fourth-order valence-corrected chi connectivity index (χ4v) is 3.28. The van der Waals surface area contributed by atoms with Crippen molar-refractivity contribution in [2.75, 3.05) is 26.4 Å². The molecule has 196 valence electrons. The fourth-order valence-electron chi connectivity index (χ4n) is 3.28. The van der Waals surface area contributed by atoms with E-state index in [2.05, 4.69) is 20.4 Å².